The molecule has 0 amide bonds. The normalized spacial score (nSPS) is 9.95. The van der Waals surface area contributed by atoms with E-state index in [1.807, 2.05) is 0 Å². The Kier molecular flexibility index (Phi) is 5.55. The third-order valence-corrected chi connectivity index (χ3v) is 2.21. The van der Waals surface area contributed by atoms with Gasteiger partial charge in [0.2, 0.25) is 0 Å². The minimum absolute atomic E-state index is 0.0804. The van der Waals surface area contributed by atoms with Gasteiger partial charge in [-0.3, -0.25) is 4.79 Å². The van der Waals surface area contributed by atoms with E-state index in [0.717, 1.165) is 5.01 Å². The molecule has 0 fully saturated rings. The average Bonchev–Trinajstić information content (AvgIpc) is 2.36. The number of hydrogen-bond acceptors (Lipinski definition) is 5. The van der Waals surface area contributed by atoms with Crippen LogP contribution in [-0.2, 0) is 4.79 Å². The van der Waals surface area contributed by atoms with Gasteiger partial charge in [-0.15, -0.1) is 0 Å². The summed E-state index contributed by atoms with van der Waals surface area (Å²) in [6.45, 7) is -0.328. The van der Waals surface area contributed by atoms with Crippen LogP contribution in [0.15, 0.2) is 24.3 Å². The summed E-state index contributed by atoms with van der Waals surface area (Å²) >= 11 is 0. The van der Waals surface area contributed by atoms with Crippen molar-refractivity contribution in [1.29, 1.82) is 0 Å². The van der Waals surface area contributed by atoms with Gasteiger partial charge in [0.05, 0.1) is 19.6 Å². The Balaban J connectivity index is 2.83. The number of nitrogens with zero attached hydrogens (tertiary/aromatic N) is 2. The molecule has 2 N–H and O–H groups in total. The molecule has 0 aliphatic heterocycles. The zero-order chi connectivity index (χ0) is 14.3. The maximum atomic E-state index is 10.9. The van der Waals surface area contributed by atoms with Crippen molar-refractivity contribution in [2.45, 2.75) is 6.42 Å². The average molecular weight is 270 g/mol. The predicted octanol–water partition coefficient (Wildman–Crippen LogP) is 0.530. The fraction of sp³-hybridized carbons (Fsp3) is 0.364. The summed E-state index contributed by atoms with van der Waals surface area (Å²) in [7, 11) is 0. The zero-order valence-corrected chi connectivity index (χ0v) is 10.1. The molecule has 0 aliphatic rings. The van der Waals surface area contributed by atoms with Crippen LogP contribution in [0.4, 0.5) is 5.69 Å². The quantitative estimate of drug-likeness (QED) is 0.523. The van der Waals surface area contributed by atoms with Gasteiger partial charge in [-0.1, -0.05) is 11.1 Å². The summed E-state index contributed by atoms with van der Waals surface area (Å²) in [5, 5.41) is 28.1. The summed E-state index contributed by atoms with van der Waals surface area (Å²) in [5.41, 5.74) is 0.224. The second-order valence-electron chi connectivity index (χ2n) is 3.57. The molecule has 104 valence electrons. The number of ether oxygens (including phenoxy) is 1. The Morgan fingerprint density at radius 1 is 1.47 bits per heavy atom. The Labute approximate surface area is 109 Å². The van der Waals surface area contributed by atoms with Crippen LogP contribution in [-0.4, -0.2) is 41.0 Å². The predicted molar refractivity (Wildman–Crippen MR) is 65.6 cm³/mol. The number of hydrogen-bond donors (Lipinski definition) is 2. The Morgan fingerprint density at radius 2 is 2.21 bits per heavy atom. The number of carbonyl (C=O) groups is 1. The van der Waals surface area contributed by atoms with Crippen LogP contribution in [0.2, 0.25) is 0 Å². The third kappa shape index (κ3) is 4.80. The molecule has 0 aromatic heterocycles. The largest absolute Gasteiger partial charge is 0.491 e. The standard InChI is InChI=1S/C11H14N2O6/c14-6-7-19-10-3-1-2-9(8-10)12(13(17)18)5-4-11(15)16/h1-3,8,14H,4-7H2,(H,15,16). The van der Waals surface area contributed by atoms with Crippen LogP contribution in [0.25, 0.3) is 0 Å². The van der Waals surface area contributed by atoms with Gasteiger partial charge in [0.15, 0.2) is 5.03 Å². The molecule has 1 aromatic rings. The molecule has 0 heterocycles. The number of anilines is 1. The molecule has 0 atom stereocenters. The molecular formula is C11H14N2O6. The van der Waals surface area contributed by atoms with Crippen LogP contribution < -0.4 is 9.75 Å². The molecule has 0 unspecified atom stereocenters. The Bertz CT molecular complexity index is 451. The van der Waals surface area contributed by atoms with Crippen LogP contribution >= 0.6 is 0 Å². The lowest BCUT2D eigenvalue weighted by molar-refractivity contribution is -0.494. The van der Waals surface area contributed by atoms with Crippen molar-refractivity contribution in [1.82, 2.24) is 0 Å². The Morgan fingerprint density at radius 3 is 2.79 bits per heavy atom. The molecule has 0 saturated carbocycles. The number of hydrazine groups is 1. The van der Waals surface area contributed by atoms with Crippen molar-refractivity contribution in [3.05, 3.63) is 34.4 Å². The van der Waals surface area contributed by atoms with Gasteiger partial charge in [-0.25, -0.2) is 10.1 Å². The third-order valence-electron chi connectivity index (χ3n) is 2.21. The maximum absolute atomic E-state index is 10.9. The summed E-state index contributed by atoms with van der Waals surface area (Å²) in [5.74, 6) is -0.742. The molecule has 0 aliphatic carbocycles. The first-order chi connectivity index (χ1) is 9.04. The molecule has 1 rings (SSSR count). The number of rotatable bonds is 8. The monoisotopic (exact) mass is 270 g/mol. The van der Waals surface area contributed by atoms with Gasteiger partial charge in [0.25, 0.3) is 0 Å². The molecule has 0 bridgehead atoms. The van der Waals surface area contributed by atoms with Gasteiger partial charge in [0, 0.05) is 6.07 Å². The smallest absolute Gasteiger partial charge is 0.305 e. The molecule has 0 saturated heterocycles. The topological polar surface area (TPSA) is 113 Å². The van der Waals surface area contributed by atoms with Crippen LogP contribution in [0.1, 0.15) is 6.42 Å². The lowest BCUT2D eigenvalue weighted by Gasteiger charge is -2.14. The number of nitro groups is 1. The van der Waals surface area contributed by atoms with E-state index in [1.54, 1.807) is 12.1 Å². The van der Waals surface area contributed by atoms with Gasteiger partial charge in [-0.05, 0) is 12.1 Å². The fourth-order valence-corrected chi connectivity index (χ4v) is 1.40. The minimum atomic E-state index is -1.11. The van der Waals surface area contributed by atoms with Crippen molar-refractivity contribution in [2.75, 3.05) is 24.8 Å². The lowest BCUT2D eigenvalue weighted by Crippen LogP contribution is -2.32. The van der Waals surface area contributed by atoms with Crippen molar-refractivity contribution in [2.24, 2.45) is 0 Å². The first-order valence-corrected chi connectivity index (χ1v) is 5.52. The van der Waals surface area contributed by atoms with E-state index in [0.29, 0.717) is 5.75 Å². The highest BCUT2D eigenvalue weighted by Gasteiger charge is 2.18. The number of aliphatic carboxylic acids is 1. The maximum Gasteiger partial charge on any atom is 0.305 e. The first-order valence-electron chi connectivity index (χ1n) is 5.52. The van der Waals surface area contributed by atoms with E-state index in [2.05, 4.69) is 0 Å². The van der Waals surface area contributed by atoms with E-state index in [-0.39, 0.29) is 31.9 Å². The first kappa shape index (κ1) is 14.7. The number of benzene rings is 1. The second kappa shape index (κ2) is 7.17. The molecule has 8 nitrogen and oxygen atoms in total. The molecule has 19 heavy (non-hydrogen) atoms. The summed E-state index contributed by atoms with van der Waals surface area (Å²) in [6.07, 6.45) is -0.345. The highest BCUT2D eigenvalue weighted by molar-refractivity contribution is 5.67. The SMILES string of the molecule is O=C(O)CCN(c1cccc(OCCO)c1)[N+](=O)[O-]. The molecular weight excluding hydrogens is 256 g/mol. The van der Waals surface area contributed by atoms with E-state index < -0.39 is 11.0 Å². The molecule has 0 spiro atoms. The summed E-state index contributed by atoms with van der Waals surface area (Å²) in [6, 6.07) is 6.05. The van der Waals surface area contributed by atoms with E-state index in [1.165, 1.54) is 12.1 Å². The van der Waals surface area contributed by atoms with Gasteiger partial charge >= 0.3 is 5.97 Å². The van der Waals surface area contributed by atoms with Crippen molar-refractivity contribution < 1.29 is 24.8 Å². The summed E-state index contributed by atoms with van der Waals surface area (Å²) in [4.78, 5) is 21.4. The molecule has 8 heteroatoms. The molecule has 0 radical (unpaired) electrons. The van der Waals surface area contributed by atoms with E-state index in [4.69, 9.17) is 14.9 Å². The van der Waals surface area contributed by atoms with Crippen molar-refractivity contribution in [3.8, 4) is 5.75 Å². The number of carboxylic acids is 1. The van der Waals surface area contributed by atoms with Crippen molar-refractivity contribution >= 4 is 11.7 Å². The second-order valence-corrected chi connectivity index (χ2v) is 3.57. The van der Waals surface area contributed by atoms with E-state index in [9.17, 15) is 14.9 Å². The van der Waals surface area contributed by atoms with Gasteiger partial charge in [0.1, 0.15) is 18.0 Å². The number of aliphatic hydroxyl groups excluding tert-OH is 1. The van der Waals surface area contributed by atoms with E-state index >= 15 is 0 Å². The minimum Gasteiger partial charge on any atom is -0.491 e. The van der Waals surface area contributed by atoms with Crippen LogP contribution in [0.3, 0.4) is 0 Å². The van der Waals surface area contributed by atoms with Crippen LogP contribution in [0.5, 0.6) is 5.75 Å². The highest BCUT2D eigenvalue weighted by Crippen LogP contribution is 2.21. The van der Waals surface area contributed by atoms with Crippen LogP contribution in [0, 0.1) is 10.1 Å². The number of carboxylic acid groups (broad SMARTS) is 1. The van der Waals surface area contributed by atoms with Gasteiger partial charge in [-0.2, -0.15) is 0 Å². The zero-order valence-electron chi connectivity index (χ0n) is 10.1. The fourth-order valence-electron chi connectivity index (χ4n) is 1.40. The molecule has 1 aromatic carbocycles. The highest BCUT2D eigenvalue weighted by atomic mass is 16.7. The lowest BCUT2D eigenvalue weighted by atomic mass is 10.3. The number of aliphatic hydroxyl groups is 1. The Hall–Kier alpha value is -2.35. The van der Waals surface area contributed by atoms with Crippen molar-refractivity contribution in [3.63, 3.8) is 0 Å². The summed E-state index contributed by atoms with van der Waals surface area (Å²) < 4.78 is 5.14. The van der Waals surface area contributed by atoms with Gasteiger partial charge < -0.3 is 14.9 Å².